The zero-order chi connectivity index (χ0) is 14.6. The molecule has 1 N–H and O–H groups in total. The molecule has 0 saturated heterocycles. The molecule has 0 fully saturated rings. The van der Waals surface area contributed by atoms with Crippen molar-refractivity contribution in [2.24, 2.45) is 4.99 Å². The molecule has 0 unspecified atom stereocenters. The predicted molar refractivity (Wildman–Crippen MR) is 70.8 cm³/mol. The Morgan fingerprint density at radius 1 is 1.42 bits per heavy atom. The SMILES string of the molecule is CSC(=Nc1ccc(Cl)c(C(F)(F)F)c1Cl)NC#N. The zero-order valence-electron chi connectivity index (χ0n) is 9.35. The van der Waals surface area contributed by atoms with Gasteiger partial charge < -0.3 is 0 Å². The van der Waals surface area contributed by atoms with Gasteiger partial charge in [0.15, 0.2) is 11.4 Å². The van der Waals surface area contributed by atoms with Crippen LogP contribution in [0.25, 0.3) is 0 Å². The summed E-state index contributed by atoms with van der Waals surface area (Å²) in [6.07, 6.45) is -1.45. The number of amidine groups is 1. The molecule has 0 radical (unpaired) electrons. The van der Waals surface area contributed by atoms with Crippen molar-refractivity contribution in [3.05, 3.63) is 27.7 Å². The molecule has 0 amide bonds. The Kier molecular flexibility index (Phi) is 5.35. The van der Waals surface area contributed by atoms with Crippen LogP contribution >= 0.6 is 35.0 Å². The highest BCUT2D eigenvalue weighted by molar-refractivity contribution is 8.13. The monoisotopic (exact) mass is 327 g/mol. The van der Waals surface area contributed by atoms with E-state index in [1.165, 1.54) is 6.07 Å². The van der Waals surface area contributed by atoms with E-state index in [-0.39, 0.29) is 10.9 Å². The van der Waals surface area contributed by atoms with Crippen LogP contribution in [-0.4, -0.2) is 11.4 Å². The molecule has 1 rings (SSSR count). The van der Waals surface area contributed by atoms with Gasteiger partial charge in [0.05, 0.1) is 21.3 Å². The summed E-state index contributed by atoms with van der Waals surface area (Å²) >= 11 is 12.2. The number of aliphatic imine (C=N–C) groups is 1. The van der Waals surface area contributed by atoms with Gasteiger partial charge in [-0.2, -0.15) is 18.4 Å². The first kappa shape index (κ1) is 16.0. The molecular weight excluding hydrogens is 322 g/mol. The Morgan fingerprint density at radius 2 is 2.05 bits per heavy atom. The first-order valence-corrected chi connectivity index (χ1v) is 6.62. The predicted octanol–water partition coefficient (Wildman–Crippen LogP) is 4.43. The van der Waals surface area contributed by atoms with E-state index in [1.807, 2.05) is 0 Å². The van der Waals surface area contributed by atoms with E-state index in [2.05, 4.69) is 10.3 Å². The number of thioether (sulfide) groups is 1. The number of rotatable bonds is 1. The Hall–Kier alpha value is -1.10. The van der Waals surface area contributed by atoms with E-state index in [1.54, 1.807) is 12.4 Å². The molecular formula is C10H6Cl2F3N3S. The maximum atomic E-state index is 12.8. The van der Waals surface area contributed by atoms with Crippen LogP contribution in [0.3, 0.4) is 0 Å². The topological polar surface area (TPSA) is 48.2 Å². The van der Waals surface area contributed by atoms with Crippen LogP contribution in [0, 0.1) is 11.5 Å². The average Bonchev–Trinajstić information content (AvgIpc) is 2.30. The molecule has 0 saturated carbocycles. The fraction of sp³-hybridized carbons (Fsp3) is 0.200. The van der Waals surface area contributed by atoms with Crippen molar-refractivity contribution in [3.63, 3.8) is 0 Å². The van der Waals surface area contributed by atoms with Crippen molar-refractivity contribution in [1.29, 1.82) is 5.26 Å². The normalized spacial score (nSPS) is 12.2. The lowest BCUT2D eigenvalue weighted by Gasteiger charge is -2.12. The maximum absolute atomic E-state index is 12.8. The van der Waals surface area contributed by atoms with Gasteiger partial charge in [-0.25, -0.2) is 4.99 Å². The van der Waals surface area contributed by atoms with Crippen molar-refractivity contribution in [3.8, 4) is 6.19 Å². The third-order valence-corrected chi connectivity index (χ3v) is 3.21. The number of nitrogens with zero attached hydrogens (tertiary/aromatic N) is 2. The lowest BCUT2D eigenvalue weighted by atomic mass is 10.2. The van der Waals surface area contributed by atoms with Crippen molar-refractivity contribution in [1.82, 2.24) is 5.32 Å². The van der Waals surface area contributed by atoms with Crippen LogP contribution < -0.4 is 5.32 Å². The smallest absolute Gasteiger partial charge is 0.271 e. The van der Waals surface area contributed by atoms with Crippen LogP contribution in [0.2, 0.25) is 10.0 Å². The minimum absolute atomic E-state index is 0.120. The summed E-state index contributed by atoms with van der Waals surface area (Å²) in [5.74, 6) is 0. The number of benzene rings is 1. The summed E-state index contributed by atoms with van der Waals surface area (Å²) in [5, 5.41) is 9.70. The quantitative estimate of drug-likeness (QED) is 0.359. The van der Waals surface area contributed by atoms with E-state index >= 15 is 0 Å². The van der Waals surface area contributed by atoms with Gasteiger partial charge in [-0.1, -0.05) is 35.0 Å². The summed E-state index contributed by atoms with van der Waals surface area (Å²) in [5.41, 5.74) is -1.26. The standard InChI is InChI=1S/C10H6Cl2F3N3S/c1-19-9(17-4-16)18-6-3-2-5(11)7(8(6)12)10(13,14)15/h2-3H,1H3,(H,17,18). The van der Waals surface area contributed by atoms with E-state index in [0.29, 0.717) is 0 Å². The van der Waals surface area contributed by atoms with Gasteiger partial charge in [0.2, 0.25) is 0 Å². The van der Waals surface area contributed by atoms with E-state index in [9.17, 15) is 13.2 Å². The fourth-order valence-electron chi connectivity index (χ4n) is 1.17. The summed E-state index contributed by atoms with van der Waals surface area (Å²) in [4.78, 5) is 3.84. The summed E-state index contributed by atoms with van der Waals surface area (Å²) in [6, 6.07) is 2.30. The van der Waals surface area contributed by atoms with Gasteiger partial charge in [-0.15, -0.1) is 0 Å². The van der Waals surface area contributed by atoms with Gasteiger partial charge in [-0.3, -0.25) is 5.32 Å². The molecule has 1 aromatic carbocycles. The summed E-state index contributed by atoms with van der Waals surface area (Å²) in [7, 11) is 0. The van der Waals surface area contributed by atoms with E-state index in [0.717, 1.165) is 17.8 Å². The van der Waals surface area contributed by atoms with Crippen LogP contribution in [0.4, 0.5) is 18.9 Å². The maximum Gasteiger partial charge on any atom is 0.419 e. The highest BCUT2D eigenvalue weighted by Crippen LogP contribution is 2.43. The molecule has 0 aliphatic heterocycles. The van der Waals surface area contributed by atoms with E-state index in [4.69, 9.17) is 28.5 Å². The molecule has 19 heavy (non-hydrogen) atoms. The molecule has 9 heteroatoms. The van der Waals surface area contributed by atoms with Crippen molar-refractivity contribution >= 4 is 45.8 Å². The molecule has 102 valence electrons. The Morgan fingerprint density at radius 3 is 2.53 bits per heavy atom. The fourth-order valence-corrected chi connectivity index (χ4v) is 2.13. The second-order valence-corrected chi connectivity index (χ2v) is 4.69. The lowest BCUT2D eigenvalue weighted by molar-refractivity contribution is -0.137. The first-order chi connectivity index (χ1) is 8.81. The number of alkyl halides is 3. The lowest BCUT2D eigenvalue weighted by Crippen LogP contribution is -2.13. The minimum atomic E-state index is -4.68. The number of nitrogens with one attached hydrogen (secondary N) is 1. The molecule has 0 aliphatic rings. The Balaban J connectivity index is 3.37. The number of hydrogen-bond acceptors (Lipinski definition) is 3. The molecule has 0 heterocycles. The first-order valence-electron chi connectivity index (χ1n) is 4.64. The summed E-state index contributed by atoms with van der Waals surface area (Å²) in [6.45, 7) is 0. The molecule has 1 aromatic rings. The highest BCUT2D eigenvalue weighted by Gasteiger charge is 2.36. The molecule has 3 nitrogen and oxygen atoms in total. The number of hydrogen-bond donors (Lipinski definition) is 1. The van der Waals surface area contributed by atoms with Gasteiger partial charge in [0, 0.05) is 0 Å². The molecule has 0 atom stereocenters. The molecule has 0 aromatic heterocycles. The largest absolute Gasteiger partial charge is 0.419 e. The average molecular weight is 328 g/mol. The third-order valence-electron chi connectivity index (χ3n) is 1.93. The summed E-state index contributed by atoms with van der Waals surface area (Å²) < 4.78 is 38.3. The van der Waals surface area contributed by atoms with Gasteiger partial charge in [0.25, 0.3) is 0 Å². The third kappa shape index (κ3) is 3.93. The second kappa shape index (κ2) is 6.37. The zero-order valence-corrected chi connectivity index (χ0v) is 11.7. The van der Waals surface area contributed by atoms with Gasteiger partial charge >= 0.3 is 6.18 Å². The van der Waals surface area contributed by atoms with Crippen LogP contribution in [0.1, 0.15) is 5.56 Å². The second-order valence-electron chi connectivity index (χ2n) is 3.11. The molecule has 0 bridgehead atoms. The van der Waals surface area contributed by atoms with Gasteiger partial charge in [-0.05, 0) is 18.4 Å². The van der Waals surface area contributed by atoms with E-state index < -0.39 is 21.8 Å². The van der Waals surface area contributed by atoms with Gasteiger partial charge in [0.1, 0.15) is 0 Å². The van der Waals surface area contributed by atoms with Crippen molar-refractivity contribution < 1.29 is 13.2 Å². The Bertz CT molecular complexity index is 552. The Labute approximate surface area is 121 Å². The van der Waals surface area contributed by atoms with Crippen molar-refractivity contribution in [2.75, 3.05) is 6.26 Å². The van der Waals surface area contributed by atoms with Crippen molar-refractivity contribution in [2.45, 2.75) is 6.18 Å². The number of halogens is 5. The number of nitriles is 1. The molecule has 0 spiro atoms. The molecule has 0 aliphatic carbocycles. The van der Waals surface area contributed by atoms with Crippen LogP contribution in [0.5, 0.6) is 0 Å². The minimum Gasteiger partial charge on any atom is -0.271 e. The highest BCUT2D eigenvalue weighted by atomic mass is 35.5. The van der Waals surface area contributed by atoms with Crippen LogP contribution in [-0.2, 0) is 6.18 Å². The van der Waals surface area contributed by atoms with Crippen LogP contribution in [0.15, 0.2) is 17.1 Å².